The first kappa shape index (κ1) is 18.9. The second-order valence-corrected chi connectivity index (χ2v) is 9.18. The zero-order valence-electron chi connectivity index (χ0n) is 16.7. The molecule has 25 heavy (non-hydrogen) atoms. The summed E-state index contributed by atoms with van der Waals surface area (Å²) in [5, 5.41) is 0. The van der Waals surface area contributed by atoms with E-state index in [1.54, 1.807) is 0 Å². The normalized spacial score (nSPS) is 25.4. The molecule has 2 saturated heterocycles. The van der Waals surface area contributed by atoms with Gasteiger partial charge >= 0.3 is 0 Å². The lowest BCUT2D eigenvalue weighted by Crippen LogP contribution is -2.52. The topological polar surface area (TPSA) is 21.7 Å². The number of hydrogen-bond donors (Lipinski definition) is 0. The summed E-state index contributed by atoms with van der Waals surface area (Å²) in [6.07, 6.45) is 2.15. The highest BCUT2D eigenvalue weighted by Crippen LogP contribution is 2.36. The van der Waals surface area contributed by atoms with E-state index in [9.17, 15) is 0 Å². The molecule has 2 atom stereocenters. The molecule has 2 unspecified atom stereocenters. The third-order valence-corrected chi connectivity index (χ3v) is 5.81. The largest absolute Gasteiger partial charge is 0.347 e. The van der Waals surface area contributed by atoms with E-state index in [1.165, 1.54) is 11.1 Å². The molecule has 3 nitrogen and oxygen atoms in total. The predicted octanol–water partition coefficient (Wildman–Crippen LogP) is 4.25. The Labute approximate surface area is 153 Å². The second-order valence-electron chi connectivity index (χ2n) is 9.18. The standard InChI is InChI=1S/C22H35NO2/c1-17(14-19-6-8-20(9-7-19)21(3,4)5)15-23-11-10-22(18(2)16-23)24-12-13-25-22/h6-9,17-18H,10-16H2,1-5H3. The van der Waals surface area contributed by atoms with Crippen LogP contribution in [0.5, 0.6) is 0 Å². The molecule has 2 fully saturated rings. The van der Waals surface area contributed by atoms with Gasteiger partial charge in [0, 0.05) is 32.0 Å². The zero-order valence-corrected chi connectivity index (χ0v) is 16.7. The van der Waals surface area contributed by atoms with Crippen LogP contribution in [-0.4, -0.2) is 43.5 Å². The minimum Gasteiger partial charge on any atom is -0.347 e. The Balaban J connectivity index is 1.50. The Morgan fingerprint density at radius 1 is 1.16 bits per heavy atom. The Bertz CT molecular complexity index is 554. The smallest absolute Gasteiger partial charge is 0.173 e. The molecule has 3 heteroatoms. The van der Waals surface area contributed by atoms with Crippen LogP contribution in [0.2, 0.25) is 0 Å². The molecule has 140 valence electrons. The van der Waals surface area contributed by atoms with E-state index < -0.39 is 0 Å². The van der Waals surface area contributed by atoms with Gasteiger partial charge in [0.05, 0.1) is 13.2 Å². The third kappa shape index (κ3) is 4.45. The molecule has 0 N–H and O–H groups in total. The van der Waals surface area contributed by atoms with Gasteiger partial charge in [0.15, 0.2) is 5.79 Å². The van der Waals surface area contributed by atoms with Crippen molar-refractivity contribution in [2.45, 2.75) is 58.7 Å². The van der Waals surface area contributed by atoms with Crippen molar-refractivity contribution >= 4 is 0 Å². The maximum absolute atomic E-state index is 5.93. The number of nitrogens with zero attached hydrogens (tertiary/aromatic N) is 1. The van der Waals surface area contributed by atoms with Crippen molar-refractivity contribution in [1.29, 1.82) is 0 Å². The lowest BCUT2D eigenvalue weighted by atomic mass is 9.86. The molecule has 2 aliphatic rings. The van der Waals surface area contributed by atoms with Crippen molar-refractivity contribution in [3.8, 4) is 0 Å². The molecule has 1 aromatic carbocycles. The molecule has 0 aliphatic carbocycles. The fourth-order valence-corrected chi connectivity index (χ4v) is 4.29. The molecule has 2 aliphatic heterocycles. The van der Waals surface area contributed by atoms with Gasteiger partial charge in [-0.3, -0.25) is 0 Å². The molecule has 0 saturated carbocycles. The number of hydrogen-bond acceptors (Lipinski definition) is 3. The van der Waals surface area contributed by atoms with Crippen molar-refractivity contribution < 1.29 is 9.47 Å². The van der Waals surface area contributed by atoms with Crippen LogP contribution in [0.25, 0.3) is 0 Å². The molecule has 1 spiro atoms. The van der Waals surface area contributed by atoms with E-state index in [4.69, 9.17) is 9.47 Å². The summed E-state index contributed by atoms with van der Waals surface area (Å²) in [6, 6.07) is 9.21. The van der Waals surface area contributed by atoms with Crippen LogP contribution in [-0.2, 0) is 21.3 Å². The fraction of sp³-hybridized carbons (Fsp3) is 0.727. The highest BCUT2D eigenvalue weighted by atomic mass is 16.7. The highest BCUT2D eigenvalue weighted by molar-refractivity contribution is 5.27. The van der Waals surface area contributed by atoms with Gasteiger partial charge in [-0.15, -0.1) is 0 Å². The minimum atomic E-state index is -0.289. The number of ether oxygens (including phenoxy) is 2. The van der Waals surface area contributed by atoms with Crippen molar-refractivity contribution in [3.05, 3.63) is 35.4 Å². The molecule has 0 amide bonds. The van der Waals surface area contributed by atoms with Crippen molar-refractivity contribution in [3.63, 3.8) is 0 Å². The van der Waals surface area contributed by atoms with Crippen LogP contribution in [0.3, 0.4) is 0 Å². The van der Waals surface area contributed by atoms with E-state index in [-0.39, 0.29) is 11.2 Å². The van der Waals surface area contributed by atoms with Gasteiger partial charge in [-0.2, -0.15) is 0 Å². The SMILES string of the molecule is CC(Cc1ccc(C(C)(C)C)cc1)CN1CCC2(OCCO2)C(C)C1. The summed E-state index contributed by atoms with van der Waals surface area (Å²) in [5.41, 5.74) is 3.09. The first-order valence-electron chi connectivity index (χ1n) is 9.88. The van der Waals surface area contributed by atoms with E-state index in [1.807, 2.05) is 0 Å². The quantitative estimate of drug-likeness (QED) is 0.814. The number of piperidine rings is 1. The lowest BCUT2D eigenvalue weighted by Gasteiger charge is -2.43. The zero-order chi connectivity index (χ0) is 18.1. The van der Waals surface area contributed by atoms with Crippen LogP contribution in [0.4, 0.5) is 0 Å². The molecule has 0 aromatic heterocycles. The number of likely N-dealkylation sites (tertiary alicyclic amines) is 1. The summed E-state index contributed by atoms with van der Waals surface area (Å²) < 4.78 is 11.9. The van der Waals surface area contributed by atoms with Crippen LogP contribution in [0.15, 0.2) is 24.3 Å². The monoisotopic (exact) mass is 345 g/mol. The molecule has 1 aromatic rings. The second kappa shape index (κ2) is 7.38. The van der Waals surface area contributed by atoms with Crippen molar-refractivity contribution in [2.75, 3.05) is 32.8 Å². The molecule has 0 radical (unpaired) electrons. The van der Waals surface area contributed by atoms with Gasteiger partial charge in [-0.25, -0.2) is 0 Å². The summed E-state index contributed by atoms with van der Waals surface area (Å²) in [4.78, 5) is 2.59. The highest BCUT2D eigenvalue weighted by Gasteiger charge is 2.45. The molecule has 3 rings (SSSR count). The number of benzene rings is 1. The van der Waals surface area contributed by atoms with Crippen LogP contribution in [0, 0.1) is 11.8 Å². The van der Waals surface area contributed by atoms with Gasteiger partial charge in [0.25, 0.3) is 0 Å². The molecule has 2 heterocycles. The van der Waals surface area contributed by atoms with E-state index in [0.717, 1.165) is 45.7 Å². The van der Waals surface area contributed by atoms with Gasteiger partial charge in [-0.05, 0) is 28.9 Å². The van der Waals surface area contributed by atoms with E-state index in [2.05, 4.69) is 63.8 Å². The lowest BCUT2D eigenvalue weighted by molar-refractivity contribution is -0.217. The minimum absolute atomic E-state index is 0.231. The third-order valence-electron chi connectivity index (χ3n) is 5.81. The average molecular weight is 346 g/mol. The van der Waals surface area contributed by atoms with Crippen LogP contribution < -0.4 is 0 Å². The van der Waals surface area contributed by atoms with Crippen molar-refractivity contribution in [1.82, 2.24) is 4.90 Å². The summed E-state index contributed by atoms with van der Waals surface area (Å²) in [7, 11) is 0. The van der Waals surface area contributed by atoms with Gasteiger partial charge < -0.3 is 14.4 Å². The molecule has 0 bridgehead atoms. The summed E-state index contributed by atoms with van der Waals surface area (Å²) >= 11 is 0. The van der Waals surface area contributed by atoms with E-state index in [0.29, 0.717) is 11.8 Å². The Kier molecular flexibility index (Phi) is 5.57. The summed E-state index contributed by atoms with van der Waals surface area (Å²) in [6.45, 7) is 16.3. The maximum Gasteiger partial charge on any atom is 0.173 e. The Morgan fingerprint density at radius 2 is 1.80 bits per heavy atom. The molecular weight excluding hydrogens is 310 g/mol. The van der Waals surface area contributed by atoms with Crippen molar-refractivity contribution in [2.24, 2.45) is 11.8 Å². The van der Waals surface area contributed by atoms with Gasteiger partial charge in [0.1, 0.15) is 0 Å². The van der Waals surface area contributed by atoms with Gasteiger partial charge in [0.2, 0.25) is 0 Å². The van der Waals surface area contributed by atoms with E-state index >= 15 is 0 Å². The Hall–Kier alpha value is -0.900. The van der Waals surface area contributed by atoms with Crippen LogP contribution >= 0.6 is 0 Å². The predicted molar refractivity (Wildman–Crippen MR) is 103 cm³/mol. The summed E-state index contributed by atoms with van der Waals surface area (Å²) in [5.74, 6) is 0.817. The fourth-order valence-electron chi connectivity index (χ4n) is 4.29. The maximum atomic E-state index is 5.93. The molecular formula is C22H35NO2. The average Bonchev–Trinajstić information content (AvgIpc) is 3.01. The Morgan fingerprint density at radius 3 is 2.36 bits per heavy atom. The van der Waals surface area contributed by atoms with Crippen LogP contribution in [0.1, 0.15) is 52.2 Å². The van der Waals surface area contributed by atoms with Gasteiger partial charge in [-0.1, -0.05) is 58.9 Å². The number of rotatable bonds is 4. The first-order chi connectivity index (χ1) is 11.8. The first-order valence-corrected chi connectivity index (χ1v) is 9.88.